The van der Waals surface area contributed by atoms with Crippen LogP contribution in [0.5, 0.6) is 0 Å². The summed E-state index contributed by atoms with van der Waals surface area (Å²) in [6.45, 7) is 3.14. The molecule has 0 aromatic heterocycles. The van der Waals surface area contributed by atoms with Crippen LogP contribution in [0.25, 0.3) is 0 Å². The molecule has 4 atom stereocenters. The molecule has 2 rings (SSSR count). The summed E-state index contributed by atoms with van der Waals surface area (Å²) >= 11 is 0. The fraction of sp³-hybridized carbons (Fsp3) is 0.933. The lowest BCUT2D eigenvalue weighted by Gasteiger charge is -2.40. The van der Waals surface area contributed by atoms with Gasteiger partial charge in [0.1, 0.15) is 0 Å². The van der Waals surface area contributed by atoms with Crippen LogP contribution in [-0.2, 0) is 4.79 Å². The van der Waals surface area contributed by atoms with Crippen LogP contribution >= 0.6 is 0 Å². The second-order valence-corrected chi connectivity index (χ2v) is 6.11. The topological polar surface area (TPSA) is 53.2 Å². The highest BCUT2D eigenvalue weighted by molar-refractivity contribution is 5.80. The van der Waals surface area contributed by atoms with E-state index < -0.39 is 0 Å². The second kappa shape index (κ2) is 7.25. The van der Waals surface area contributed by atoms with Gasteiger partial charge in [0.15, 0.2) is 0 Å². The van der Waals surface area contributed by atoms with Crippen molar-refractivity contribution in [3.63, 3.8) is 0 Å². The van der Waals surface area contributed by atoms with Crippen molar-refractivity contribution < 1.29 is 4.79 Å². The summed E-state index contributed by atoms with van der Waals surface area (Å²) in [4.78, 5) is 11.7. The van der Waals surface area contributed by atoms with E-state index in [-0.39, 0.29) is 11.9 Å². The van der Waals surface area contributed by atoms with Crippen LogP contribution in [0.4, 0.5) is 0 Å². The van der Waals surface area contributed by atoms with Gasteiger partial charge in [-0.3, -0.25) is 4.79 Å². The predicted octanol–water partition coefficient (Wildman–Crippen LogP) is 1.41. The highest BCUT2D eigenvalue weighted by atomic mass is 16.2. The Labute approximate surface area is 117 Å². The van der Waals surface area contributed by atoms with Crippen molar-refractivity contribution in [2.45, 2.75) is 70.0 Å². The van der Waals surface area contributed by atoms with Crippen LogP contribution in [0, 0.1) is 5.92 Å². The molecule has 1 aliphatic heterocycles. The van der Waals surface area contributed by atoms with E-state index in [1.54, 1.807) is 7.05 Å². The average molecular weight is 267 g/mol. The van der Waals surface area contributed by atoms with Crippen molar-refractivity contribution in [3.05, 3.63) is 0 Å². The van der Waals surface area contributed by atoms with Gasteiger partial charge in [-0.15, -0.1) is 0 Å². The standard InChI is InChI=1S/C15H29N3O/c1-11(15(19)16-2)18-14-9-4-3-7-12(14)13-8-5-6-10-17-13/h11-14,17-18H,3-10H2,1-2H3,(H,16,19). The number of amides is 1. The summed E-state index contributed by atoms with van der Waals surface area (Å²) in [7, 11) is 1.71. The molecule has 1 saturated carbocycles. The van der Waals surface area contributed by atoms with Crippen molar-refractivity contribution in [1.82, 2.24) is 16.0 Å². The molecule has 19 heavy (non-hydrogen) atoms. The summed E-state index contributed by atoms with van der Waals surface area (Å²) < 4.78 is 0. The zero-order valence-electron chi connectivity index (χ0n) is 12.4. The number of carbonyl (C=O) groups is 1. The first-order valence-corrected chi connectivity index (χ1v) is 7.93. The fourth-order valence-corrected chi connectivity index (χ4v) is 3.71. The average Bonchev–Trinajstić information content (AvgIpc) is 2.47. The summed E-state index contributed by atoms with van der Waals surface area (Å²) in [6, 6.07) is 1.07. The van der Waals surface area contributed by atoms with Crippen molar-refractivity contribution in [3.8, 4) is 0 Å². The van der Waals surface area contributed by atoms with E-state index in [0.717, 1.165) is 0 Å². The molecule has 3 N–H and O–H groups in total. The largest absolute Gasteiger partial charge is 0.358 e. The molecule has 4 heteroatoms. The highest BCUT2D eigenvalue weighted by Crippen LogP contribution is 2.30. The van der Waals surface area contributed by atoms with Gasteiger partial charge in [-0.25, -0.2) is 0 Å². The smallest absolute Gasteiger partial charge is 0.236 e. The van der Waals surface area contributed by atoms with E-state index in [1.165, 1.54) is 51.5 Å². The van der Waals surface area contributed by atoms with Crippen LogP contribution < -0.4 is 16.0 Å². The number of likely N-dealkylation sites (N-methyl/N-ethyl adjacent to an activating group) is 1. The Balaban J connectivity index is 1.93. The summed E-state index contributed by atoms with van der Waals surface area (Å²) in [5.41, 5.74) is 0. The number of hydrogen-bond donors (Lipinski definition) is 3. The second-order valence-electron chi connectivity index (χ2n) is 6.11. The third-order valence-electron chi connectivity index (χ3n) is 4.79. The molecule has 2 aliphatic rings. The molecule has 4 nitrogen and oxygen atoms in total. The van der Waals surface area contributed by atoms with E-state index in [9.17, 15) is 4.79 Å². The van der Waals surface area contributed by atoms with Gasteiger partial charge in [0.2, 0.25) is 5.91 Å². The maximum Gasteiger partial charge on any atom is 0.236 e. The zero-order valence-corrected chi connectivity index (χ0v) is 12.4. The molecule has 1 saturated heterocycles. The monoisotopic (exact) mass is 267 g/mol. The lowest BCUT2D eigenvalue weighted by atomic mass is 9.77. The maximum absolute atomic E-state index is 11.7. The molecule has 0 aromatic rings. The number of piperidine rings is 1. The molecular formula is C15H29N3O. The van der Waals surface area contributed by atoms with Crippen LogP contribution in [-0.4, -0.2) is 37.6 Å². The molecule has 0 aromatic carbocycles. The van der Waals surface area contributed by atoms with Crippen molar-refractivity contribution in [2.24, 2.45) is 5.92 Å². The molecule has 110 valence electrons. The van der Waals surface area contributed by atoms with E-state index in [0.29, 0.717) is 18.0 Å². The highest BCUT2D eigenvalue weighted by Gasteiger charge is 2.33. The van der Waals surface area contributed by atoms with E-state index >= 15 is 0 Å². The number of rotatable bonds is 4. The predicted molar refractivity (Wildman–Crippen MR) is 78.1 cm³/mol. The molecule has 0 spiro atoms. The molecule has 1 heterocycles. The molecule has 4 unspecified atom stereocenters. The van der Waals surface area contributed by atoms with Gasteiger partial charge in [-0.1, -0.05) is 19.3 Å². The van der Waals surface area contributed by atoms with Gasteiger partial charge < -0.3 is 16.0 Å². The van der Waals surface area contributed by atoms with Gasteiger partial charge >= 0.3 is 0 Å². The fourth-order valence-electron chi connectivity index (χ4n) is 3.71. The van der Waals surface area contributed by atoms with Gasteiger partial charge in [0.05, 0.1) is 6.04 Å². The van der Waals surface area contributed by atoms with E-state index in [4.69, 9.17) is 0 Å². The lowest BCUT2D eigenvalue weighted by Crippen LogP contribution is -2.54. The Morgan fingerprint density at radius 1 is 1.16 bits per heavy atom. The van der Waals surface area contributed by atoms with E-state index in [2.05, 4.69) is 16.0 Å². The molecule has 2 fully saturated rings. The Morgan fingerprint density at radius 3 is 2.58 bits per heavy atom. The molecule has 1 amide bonds. The Hall–Kier alpha value is -0.610. The van der Waals surface area contributed by atoms with Crippen LogP contribution in [0.15, 0.2) is 0 Å². The van der Waals surface area contributed by atoms with Crippen molar-refractivity contribution in [1.29, 1.82) is 0 Å². The first kappa shape index (κ1) is 14.8. The summed E-state index contributed by atoms with van der Waals surface area (Å²) in [6.07, 6.45) is 9.12. The maximum atomic E-state index is 11.7. The normalized spacial score (nSPS) is 33.7. The Kier molecular flexibility index (Phi) is 5.64. The minimum absolute atomic E-state index is 0.0841. The first-order valence-electron chi connectivity index (χ1n) is 7.93. The van der Waals surface area contributed by atoms with Crippen molar-refractivity contribution >= 4 is 5.91 Å². The van der Waals surface area contributed by atoms with Crippen LogP contribution in [0.1, 0.15) is 51.9 Å². The van der Waals surface area contributed by atoms with Crippen molar-refractivity contribution in [2.75, 3.05) is 13.6 Å². The van der Waals surface area contributed by atoms with Gasteiger partial charge in [-0.05, 0) is 45.1 Å². The molecule has 0 bridgehead atoms. The third kappa shape index (κ3) is 3.93. The SMILES string of the molecule is CNC(=O)C(C)NC1CCCCC1C1CCCCN1. The minimum atomic E-state index is -0.0841. The number of carbonyl (C=O) groups excluding carboxylic acids is 1. The van der Waals surface area contributed by atoms with Gasteiger partial charge in [-0.2, -0.15) is 0 Å². The summed E-state index contributed by atoms with van der Waals surface area (Å²) in [5, 5.41) is 9.99. The first-order chi connectivity index (χ1) is 9.22. The van der Waals surface area contributed by atoms with E-state index in [1.807, 2.05) is 6.92 Å². The molecule has 0 radical (unpaired) electrons. The lowest BCUT2D eigenvalue weighted by molar-refractivity contribution is -0.122. The Bertz CT molecular complexity index is 289. The number of nitrogens with one attached hydrogen (secondary N) is 3. The van der Waals surface area contributed by atoms with Crippen LogP contribution in [0.3, 0.4) is 0 Å². The summed E-state index contributed by atoms with van der Waals surface area (Å²) in [5.74, 6) is 0.794. The Morgan fingerprint density at radius 2 is 1.89 bits per heavy atom. The van der Waals surface area contributed by atoms with Crippen LogP contribution in [0.2, 0.25) is 0 Å². The van der Waals surface area contributed by atoms with Gasteiger partial charge in [0.25, 0.3) is 0 Å². The minimum Gasteiger partial charge on any atom is -0.358 e. The quantitative estimate of drug-likeness (QED) is 0.722. The van der Waals surface area contributed by atoms with Gasteiger partial charge in [0, 0.05) is 19.1 Å². The third-order valence-corrected chi connectivity index (χ3v) is 4.79. The zero-order chi connectivity index (χ0) is 13.7. The molecule has 1 aliphatic carbocycles. The molecular weight excluding hydrogens is 238 g/mol. The number of hydrogen-bond acceptors (Lipinski definition) is 3.